The first-order valence-corrected chi connectivity index (χ1v) is 5.89. The normalized spacial score (nSPS) is 10.3. The SMILES string of the molecule is COc1ccccc1Sc1nc(Cl)ncc1F. The second-order valence-electron chi connectivity index (χ2n) is 3.05. The highest BCUT2D eigenvalue weighted by Gasteiger charge is 2.10. The first kappa shape index (κ1) is 12.1. The number of para-hydroxylation sites is 1. The van der Waals surface area contributed by atoms with Crippen molar-refractivity contribution in [3.8, 4) is 5.75 Å². The Kier molecular flexibility index (Phi) is 3.81. The van der Waals surface area contributed by atoms with Crippen LogP contribution in [-0.2, 0) is 0 Å². The third kappa shape index (κ3) is 2.87. The molecule has 0 atom stereocenters. The fourth-order valence-electron chi connectivity index (χ4n) is 1.21. The molecule has 0 aliphatic heterocycles. The predicted molar refractivity (Wildman–Crippen MR) is 64.1 cm³/mol. The van der Waals surface area contributed by atoms with E-state index < -0.39 is 5.82 Å². The van der Waals surface area contributed by atoms with Gasteiger partial charge in [0.25, 0.3) is 0 Å². The van der Waals surface area contributed by atoms with Gasteiger partial charge in [-0.2, -0.15) is 0 Å². The lowest BCUT2D eigenvalue weighted by Crippen LogP contribution is -1.91. The summed E-state index contributed by atoms with van der Waals surface area (Å²) in [5, 5.41) is 0.193. The standard InChI is InChI=1S/C11H8ClFN2OS/c1-16-8-4-2-3-5-9(8)17-10-7(13)6-14-11(12)15-10/h2-6H,1H3. The van der Waals surface area contributed by atoms with Crippen molar-refractivity contribution in [1.82, 2.24) is 9.97 Å². The van der Waals surface area contributed by atoms with Gasteiger partial charge in [0.1, 0.15) is 10.8 Å². The van der Waals surface area contributed by atoms with Crippen molar-refractivity contribution in [1.29, 1.82) is 0 Å². The molecule has 0 saturated heterocycles. The number of hydrogen-bond acceptors (Lipinski definition) is 4. The molecule has 1 aromatic carbocycles. The van der Waals surface area contributed by atoms with E-state index in [1.165, 1.54) is 0 Å². The van der Waals surface area contributed by atoms with Gasteiger partial charge in [-0.3, -0.25) is 0 Å². The molecule has 0 spiro atoms. The first-order chi connectivity index (χ1) is 8.20. The summed E-state index contributed by atoms with van der Waals surface area (Å²) in [7, 11) is 1.56. The number of rotatable bonds is 3. The van der Waals surface area contributed by atoms with E-state index in [0.717, 1.165) is 22.9 Å². The Hall–Kier alpha value is -1.33. The number of nitrogens with zero attached hydrogens (tertiary/aromatic N) is 2. The molecule has 3 nitrogen and oxygen atoms in total. The molecule has 6 heteroatoms. The summed E-state index contributed by atoms with van der Waals surface area (Å²) in [4.78, 5) is 8.16. The summed E-state index contributed by atoms with van der Waals surface area (Å²) >= 11 is 6.77. The molecule has 2 aromatic rings. The van der Waals surface area contributed by atoms with Crippen LogP contribution in [-0.4, -0.2) is 17.1 Å². The Morgan fingerprint density at radius 3 is 2.88 bits per heavy atom. The minimum Gasteiger partial charge on any atom is -0.496 e. The van der Waals surface area contributed by atoms with Gasteiger partial charge >= 0.3 is 0 Å². The molecule has 0 N–H and O–H groups in total. The lowest BCUT2D eigenvalue weighted by molar-refractivity contribution is 0.404. The maximum atomic E-state index is 13.4. The molecule has 0 aliphatic rings. The van der Waals surface area contributed by atoms with Crippen LogP contribution in [0.3, 0.4) is 0 Å². The maximum absolute atomic E-state index is 13.4. The predicted octanol–water partition coefficient (Wildman–Crippen LogP) is 3.43. The first-order valence-electron chi connectivity index (χ1n) is 4.69. The Morgan fingerprint density at radius 2 is 2.12 bits per heavy atom. The van der Waals surface area contributed by atoms with Crippen molar-refractivity contribution in [3.05, 3.63) is 41.6 Å². The van der Waals surface area contributed by atoms with Crippen LogP contribution >= 0.6 is 23.4 Å². The largest absolute Gasteiger partial charge is 0.496 e. The van der Waals surface area contributed by atoms with Crippen LogP contribution in [0.2, 0.25) is 5.28 Å². The highest BCUT2D eigenvalue weighted by atomic mass is 35.5. The van der Waals surface area contributed by atoms with Gasteiger partial charge in [0.05, 0.1) is 18.2 Å². The number of benzene rings is 1. The van der Waals surface area contributed by atoms with Gasteiger partial charge in [-0.25, -0.2) is 14.4 Å². The van der Waals surface area contributed by atoms with Gasteiger partial charge < -0.3 is 4.74 Å². The zero-order valence-electron chi connectivity index (χ0n) is 8.85. The second-order valence-corrected chi connectivity index (χ2v) is 4.41. The lowest BCUT2D eigenvalue weighted by Gasteiger charge is -2.07. The molecule has 0 saturated carbocycles. The van der Waals surface area contributed by atoms with Crippen LogP contribution in [0.25, 0.3) is 0 Å². The molecule has 0 unspecified atom stereocenters. The zero-order chi connectivity index (χ0) is 12.3. The molecule has 0 amide bonds. The number of halogens is 2. The second kappa shape index (κ2) is 5.33. The van der Waals surface area contributed by atoms with Crippen molar-refractivity contribution in [2.24, 2.45) is 0 Å². The monoisotopic (exact) mass is 270 g/mol. The Morgan fingerprint density at radius 1 is 1.35 bits per heavy atom. The average molecular weight is 271 g/mol. The molecule has 1 heterocycles. The van der Waals surface area contributed by atoms with Crippen LogP contribution in [0, 0.1) is 5.82 Å². The van der Waals surface area contributed by atoms with E-state index in [-0.39, 0.29) is 10.3 Å². The van der Waals surface area contributed by atoms with E-state index >= 15 is 0 Å². The minimum absolute atomic E-state index is 0.0174. The van der Waals surface area contributed by atoms with Crippen LogP contribution < -0.4 is 4.74 Å². The molecule has 1 aromatic heterocycles. The quantitative estimate of drug-likeness (QED) is 0.632. The summed E-state index contributed by atoms with van der Waals surface area (Å²) in [6, 6.07) is 7.29. The molecule has 0 radical (unpaired) electrons. The van der Waals surface area contributed by atoms with E-state index in [4.69, 9.17) is 16.3 Å². The molecule has 0 aliphatic carbocycles. The van der Waals surface area contributed by atoms with Crippen molar-refractivity contribution < 1.29 is 9.13 Å². The fourth-order valence-corrected chi connectivity index (χ4v) is 2.28. The average Bonchev–Trinajstić information content (AvgIpc) is 2.34. The van der Waals surface area contributed by atoms with Crippen molar-refractivity contribution >= 4 is 23.4 Å². The molecule has 0 bridgehead atoms. The highest BCUT2D eigenvalue weighted by molar-refractivity contribution is 7.99. The minimum atomic E-state index is -0.509. The van der Waals surface area contributed by atoms with Crippen LogP contribution in [0.1, 0.15) is 0 Å². The van der Waals surface area contributed by atoms with Gasteiger partial charge in [-0.1, -0.05) is 23.9 Å². The Balaban J connectivity index is 2.34. The third-order valence-corrected chi connectivity index (χ3v) is 3.18. The van der Waals surface area contributed by atoms with E-state index in [1.807, 2.05) is 18.2 Å². The van der Waals surface area contributed by atoms with Gasteiger partial charge in [-0.05, 0) is 23.7 Å². The molecular weight excluding hydrogens is 263 g/mol. The van der Waals surface area contributed by atoms with E-state index in [0.29, 0.717) is 5.75 Å². The number of methoxy groups -OCH3 is 1. The van der Waals surface area contributed by atoms with E-state index in [2.05, 4.69) is 9.97 Å². The molecule has 88 valence electrons. The van der Waals surface area contributed by atoms with Crippen LogP contribution in [0.5, 0.6) is 5.75 Å². The number of aromatic nitrogens is 2. The summed E-state index contributed by atoms with van der Waals surface area (Å²) in [5.41, 5.74) is 0. The van der Waals surface area contributed by atoms with E-state index in [1.54, 1.807) is 13.2 Å². The summed E-state index contributed by atoms with van der Waals surface area (Å²) < 4.78 is 18.6. The third-order valence-electron chi connectivity index (χ3n) is 1.96. The summed E-state index contributed by atoms with van der Waals surface area (Å²) in [6.45, 7) is 0. The van der Waals surface area contributed by atoms with Crippen molar-refractivity contribution in [2.45, 2.75) is 9.92 Å². The number of hydrogen-bond donors (Lipinski definition) is 0. The Labute approximate surface area is 107 Å². The van der Waals surface area contributed by atoms with Gasteiger partial charge in [0.15, 0.2) is 5.82 Å². The maximum Gasteiger partial charge on any atom is 0.223 e. The van der Waals surface area contributed by atoms with Crippen molar-refractivity contribution in [2.75, 3.05) is 7.11 Å². The molecular formula is C11H8ClFN2OS. The molecule has 2 rings (SSSR count). The van der Waals surface area contributed by atoms with Gasteiger partial charge in [-0.15, -0.1) is 0 Å². The highest BCUT2D eigenvalue weighted by Crippen LogP contribution is 2.34. The smallest absolute Gasteiger partial charge is 0.223 e. The molecule has 0 fully saturated rings. The topological polar surface area (TPSA) is 35.0 Å². The molecule has 17 heavy (non-hydrogen) atoms. The van der Waals surface area contributed by atoms with Crippen LogP contribution in [0.4, 0.5) is 4.39 Å². The summed E-state index contributed by atoms with van der Waals surface area (Å²) in [5.74, 6) is 0.150. The van der Waals surface area contributed by atoms with Gasteiger partial charge in [0.2, 0.25) is 5.28 Å². The lowest BCUT2D eigenvalue weighted by atomic mass is 10.3. The summed E-state index contributed by atoms with van der Waals surface area (Å²) in [6.07, 6.45) is 1.05. The van der Waals surface area contributed by atoms with Gasteiger partial charge in [0, 0.05) is 0 Å². The zero-order valence-corrected chi connectivity index (χ0v) is 10.4. The number of ether oxygens (including phenoxy) is 1. The van der Waals surface area contributed by atoms with E-state index in [9.17, 15) is 4.39 Å². The van der Waals surface area contributed by atoms with Crippen molar-refractivity contribution in [3.63, 3.8) is 0 Å². The van der Waals surface area contributed by atoms with Crippen LogP contribution in [0.15, 0.2) is 40.4 Å². The fraction of sp³-hybridized carbons (Fsp3) is 0.0909. The Bertz CT molecular complexity index is 539.